The van der Waals surface area contributed by atoms with Gasteiger partial charge in [-0.2, -0.15) is 13.2 Å². The molecular formula is C11H13ClF3NO3S. The van der Waals surface area contributed by atoms with Crippen molar-refractivity contribution >= 4 is 21.6 Å². The van der Waals surface area contributed by atoms with E-state index in [1.165, 1.54) is 14.0 Å². The Labute approximate surface area is 119 Å². The van der Waals surface area contributed by atoms with Crippen LogP contribution in [0.2, 0.25) is 5.02 Å². The molecule has 9 heteroatoms. The summed E-state index contributed by atoms with van der Waals surface area (Å²) in [6.45, 7) is 1.60. The molecule has 0 heterocycles. The molecule has 0 aliphatic carbocycles. The maximum atomic E-state index is 12.6. The van der Waals surface area contributed by atoms with Crippen LogP contribution in [0.3, 0.4) is 0 Å². The smallest absolute Gasteiger partial charge is 0.383 e. The first-order chi connectivity index (χ1) is 9.08. The largest absolute Gasteiger partial charge is 0.416 e. The maximum Gasteiger partial charge on any atom is 0.416 e. The number of hydrogen-bond acceptors (Lipinski definition) is 3. The van der Waals surface area contributed by atoms with Crippen LogP contribution in [0.5, 0.6) is 0 Å². The summed E-state index contributed by atoms with van der Waals surface area (Å²) >= 11 is 5.67. The van der Waals surface area contributed by atoms with Crippen LogP contribution in [0.25, 0.3) is 0 Å². The van der Waals surface area contributed by atoms with Crippen molar-refractivity contribution in [2.24, 2.45) is 0 Å². The lowest BCUT2D eigenvalue weighted by molar-refractivity contribution is -0.137. The maximum absolute atomic E-state index is 12.6. The lowest BCUT2D eigenvalue weighted by Crippen LogP contribution is -2.35. The molecule has 4 nitrogen and oxygen atoms in total. The van der Waals surface area contributed by atoms with Crippen molar-refractivity contribution in [1.29, 1.82) is 0 Å². The summed E-state index contributed by atoms with van der Waals surface area (Å²) in [6, 6.07) is 1.53. The van der Waals surface area contributed by atoms with E-state index >= 15 is 0 Å². The normalized spacial score (nSPS) is 14.3. The molecule has 1 rings (SSSR count). The number of benzene rings is 1. The summed E-state index contributed by atoms with van der Waals surface area (Å²) in [6.07, 6.45) is -4.65. The van der Waals surface area contributed by atoms with Crippen molar-refractivity contribution in [1.82, 2.24) is 4.72 Å². The summed E-state index contributed by atoms with van der Waals surface area (Å²) in [4.78, 5) is -0.614. The van der Waals surface area contributed by atoms with Gasteiger partial charge in [0.05, 0.1) is 17.2 Å². The van der Waals surface area contributed by atoms with E-state index in [0.717, 1.165) is 12.1 Å². The number of ether oxygens (including phenoxy) is 1. The van der Waals surface area contributed by atoms with E-state index in [-0.39, 0.29) is 11.6 Å². The van der Waals surface area contributed by atoms with Crippen LogP contribution >= 0.6 is 11.6 Å². The molecule has 1 N–H and O–H groups in total. The van der Waals surface area contributed by atoms with E-state index in [1.807, 2.05) is 0 Å². The molecule has 0 saturated carbocycles. The van der Waals surface area contributed by atoms with Crippen LogP contribution in [0.15, 0.2) is 23.1 Å². The fourth-order valence-electron chi connectivity index (χ4n) is 1.50. The Hall–Kier alpha value is -0.830. The van der Waals surface area contributed by atoms with Gasteiger partial charge in [-0.1, -0.05) is 11.6 Å². The summed E-state index contributed by atoms with van der Waals surface area (Å²) in [5, 5.41) is -0.282. The Morgan fingerprint density at radius 2 is 2.00 bits per heavy atom. The Morgan fingerprint density at radius 3 is 2.50 bits per heavy atom. The van der Waals surface area contributed by atoms with Crippen LogP contribution in [0.4, 0.5) is 13.2 Å². The summed E-state index contributed by atoms with van der Waals surface area (Å²) < 4.78 is 68.7. The van der Waals surface area contributed by atoms with Gasteiger partial charge in [0, 0.05) is 13.2 Å². The molecule has 0 spiro atoms. The summed E-state index contributed by atoms with van der Waals surface area (Å²) in [5.41, 5.74) is -1.08. The van der Waals surface area contributed by atoms with E-state index < -0.39 is 32.7 Å². The molecule has 0 amide bonds. The van der Waals surface area contributed by atoms with Gasteiger partial charge in [0.25, 0.3) is 0 Å². The van der Waals surface area contributed by atoms with Crippen LogP contribution in [-0.2, 0) is 20.9 Å². The first-order valence-electron chi connectivity index (χ1n) is 5.46. The third-order valence-corrected chi connectivity index (χ3v) is 4.39. The predicted octanol–water partition coefficient (Wildman–Crippen LogP) is 2.67. The first-order valence-corrected chi connectivity index (χ1v) is 7.32. The number of hydrogen-bond donors (Lipinski definition) is 1. The van der Waals surface area contributed by atoms with Crippen molar-refractivity contribution in [2.45, 2.75) is 24.0 Å². The highest BCUT2D eigenvalue weighted by molar-refractivity contribution is 7.89. The Balaban J connectivity index is 3.18. The molecule has 0 aliphatic rings. The number of halogens is 4. The molecule has 114 valence electrons. The minimum absolute atomic E-state index is 0.0792. The molecule has 20 heavy (non-hydrogen) atoms. The highest BCUT2D eigenvalue weighted by Gasteiger charge is 2.33. The van der Waals surface area contributed by atoms with Crippen LogP contribution in [0, 0.1) is 0 Å². The quantitative estimate of drug-likeness (QED) is 0.902. The van der Waals surface area contributed by atoms with Gasteiger partial charge in [-0.05, 0) is 25.1 Å². The highest BCUT2D eigenvalue weighted by Crippen LogP contribution is 2.33. The predicted molar refractivity (Wildman–Crippen MR) is 68.1 cm³/mol. The molecule has 0 aromatic heterocycles. The van der Waals surface area contributed by atoms with Crippen molar-refractivity contribution in [2.75, 3.05) is 13.7 Å². The fourth-order valence-corrected chi connectivity index (χ4v) is 3.25. The minimum atomic E-state index is -4.65. The molecule has 0 radical (unpaired) electrons. The molecule has 1 aromatic carbocycles. The molecular weight excluding hydrogens is 319 g/mol. The third kappa shape index (κ3) is 4.34. The second-order valence-corrected chi connectivity index (χ2v) is 6.21. The monoisotopic (exact) mass is 331 g/mol. The second-order valence-electron chi connectivity index (χ2n) is 4.12. The highest BCUT2D eigenvalue weighted by atomic mass is 35.5. The van der Waals surface area contributed by atoms with Gasteiger partial charge in [-0.25, -0.2) is 13.1 Å². The number of alkyl halides is 3. The molecule has 0 saturated heterocycles. The number of nitrogens with one attached hydrogen (secondary N) is 1. The van der Waals surface area contributed by atoms with Crippen molar-refractivity contribution < 1.29 is 26.3 Å². The zero-order valence-electron chi connectivity index (χ0n) is 10.7. The van der Waals surface area contributed by atoms with Gasteiger partial charge in [-0.15, -0.1) is 0 Å². The average molecular weight is 332 g/mol. The van der Waals surface area contributed by atoms with Crippen LogP contribution in [0.1, 0.15) is 12.5 Å². The van der Waals surface area contributed by atoms with Gasteiger partial charge >= 0.3 is 6.18 Å². The van der Waals surface area contributed by atoms with Crippen LogP contribution in [-0.4, -0.2) is 28.2 Å². The van der Waals surface area contributed by atoms with E-state index in [9.17, 15) is 21.6 Å². The van der Waals surface area contributed by atoms with E-state index in [2.05, 4.69) is 4.72 Å². The average Bonchev–Trinajstić information content (AvgIpc) is 2.26. The lowest BCUT2D eigenvalue weighted by atomic mass is 10.2. The third-order valence-electron chi connectivity index (χ3n) is 2.32. The van der Waals surface area contributed by atoms with E-state index in [4.69, 9.17) is 16.3 Å². The second kappa shape index (κ2) is 6.30. The topological polar surface area (TPSA) is 55.4 Å². The van der Waals surface area contributed by atoms with Gasteiger partial charge in [0.15, 0.2) is 0 Å². The van der Waals surface area contributed by atoms with Crippen molar-refractivity contribution in [3.63, 3.8) is 0 Å². The van der Waals surface area contributed by atoms with Gasteiger partial charge in [-0.3, -0.25) is 0 Å². The van der Waals surface area contributed by atoms with Gasteiger partial charge in [0.1, 0.15) is 4.90 Å². The SMILES string of the molecule is COCC(C)NS(=O)(=O)c1cc(C(F)(F)F)ccc1Cl. The number of methoxy groups -OCH3 is 1. The van der Waals surface area contributed by atoms with Crippen molar-refractivity contribution in [3.8, 4) is 0 Å². The Bertz CT molecular complexity index is 575. The molecule has 0 bridgehead atoms. The number of sulfonamides is 1. The summed E-state index contributed by atoms with van der Waals surface area (Å²) in [5.74, 6) is 0. The lowest BCUT2D eigenvalue weighted by Gasteiger charge is -2.15. The van der Waals surface area contributed by atoms with E-state index in [1.54, 1.807) is 0 Å². The Kier molecular flexibility index (Phi) is 5.42. The standard InChI is InChI=1S/C11H13ClF3NO3S/c1-7(6-19-2)16-20(17,18)10-5-8(11(13,14)15)3-4-9(10)12/h3-5,7,16H,6H2,1-2H3. The first kappa shape index (κ1) is 17.2. The molecule has 0 fully saturated rings. The molecule has 1 aromatic rings. The summed E-state index contributed by atoms with van der Waals surface area (Å²) in [7, 11) is -2.78. The molecule has 1 atom stereocenters. The van der Waals surface area contributed by atoms with Crippen molar-refractivity contribution in [3.05, 3.63) is 28.8 Å². The van der Waals surface area contributed by atoms with Gasteiger partial charge < -0.3 is 4.74 Å². The number of rotatable bonds is 5. The van der Waals surface area contributed by atoms with E-state index in [0.29, 0.717) is 6.07 Å². The minimum Gasteiger partial charge on any atom is -0.383 e. The molecule has 1 unspecified atom stereocenters. The fraction of sp³-hybridized carbons (Fsp3) is 0.455. The van der Waals surface area contributed by atoms with Crippen LogP contribution < -0.4 is 4.72 Å². The molecule has 0 aliphatic heterocycles. The Morgan fingerprint density at radius 1 is 1.40 bits per heavy atom. The van der Waals surface area contributed by atoms with Gasteiger partial charge in [0.2, 0.25) is 10.0 Å². The zero-order chi connectivity index (χ0) is 15.6. The zero-order valence-corrected chi connectivity index (χ0v) is 12.2.